The Bertz CT molecular complexity index is 1240. The number of H-pyrrole nitrogens is 1. The van der Waals surface area contributed by atoms with Gasteiger partial charge in [0.25, 0.3) is 5.56 Å². The summed E-state index contributed by atoms with van der Waals surface area (Å²) in [5.41, 5.74) is -0.729. The summed E-state index contributed by atoms with van der Waals surface area (Å²) in [7, 11) is -4.03. The molecule has 12 heteroatoms. The van der Waals surface area contributed by atoms with Crippen LogP contribution in [0.15, 0.2) is 58.3 Å². The molecule has 1 fully saturated rings. The number of ether oxygens (including phenoxy) is 2. The topological polar surface area (TPSA) is 138 Å². The molecular formula is C23H28N3O8P. The van der Waals surface area contributed by atoms with Crippen molar-refractivity contribution in [1.29, 1.82) is 0 Å². The van der Waals surface area contributed by atoms with Crippen LogP contribution in [0, 0.1) is 6.92 Å². The molecule has 2 aliphatic rings. The van der Waals surface area contributed by atoms with Crippen molar-refractivity contribution in [1.82, 2.24) is 14.6 Å². The Kier molecular flexibility index (Phi) is 7.71. The van der Waals surface area contributed by atoms with E-state index in [4.69, 9.17) is 18.5 Å². The smallest absolute Gasteiger partial charge is 0.459 e. The van der Waals surface area contributed by atoms with Gasteiger partial charge in [-0.25, -0.2) is 9.36 Å². The van der Waals surface area contributed by atoms with E-state index in [1.807, 2.05) is 0 Å². The van der Waals surface area contributed by atoms with E-state index in [1.54, 1.807) is 49.4 Å². The molecule has 2 N–H and O–H groups in total. The normalized spacial score (nSPS) is 22.2. The highest BCUT2D eigenvalue weighted by Gasteiger charge is 2.35. The SMILES string of the molecule is Cc1cn([C@H]2C=C[C@@H](CO[P@@](=O)(N[C@@H](C)C(=O)OC3CCC3)Oc3ccccc3)O2)c(=O)[nH]c1=O. The molecule has 1 aromatic carbocycles. The minimum atomic E-state index is -4.03. The Morgan fingerprint density at radius 1 is 1.26 bits per heavy atom. The maximum absolute atomic E-state index is 13.6. The number of hydrogen-bond acceptors (Lipinski definition) is 8. The first kappa shape index (κ1) is 25.1. The summed E-state index contributed by atoms with van der Waals surface area (Å²) in [5, 5.41) is 2.65. The number of benzene rings is 1. The summed E-state index contributed by atoms with van der Waals surface area (Å²) in [6.45, 7) is 2.91. The van der Waals surface area contributed by atoms with Crippen molar-refractivity contribution in [3.8, 4) is 5.75 Å². The fraction of sp³-hybridized carbons (Fsp3) is 0.435. The largest absolute Gasteiger partial charge is 0.461 e. The highest BCUT2D eigenvalue weighted by molar-refractivity contribution is 7.52. The first-order chi connectivity index (χ1) is 16.7. The Morgan fingerprint density at radius 3 is 2.69 bits per heavy atom. The van der Waals surface area contributed by atoms with Crippen molar-refractivity contribution in [2.24, 2.45) is 0 Å². The number of nitrogens with zero attached hydrogens (tertiary/aromatic N) is 1. The lowest BCUT2D eigenvalue weighted by Gasteiger charge is -2.28. The van der Waals surface area contributed by atoms with Gasteiger partial charge in [0.2, 0.25) is 0 Å². The Hall–Kier alpha value is -2.98. The van der Waals surface area contributed by atoms with Crippen LogP contribution in [0.25, 0.3) is 0 Å². The lowest BCUT2D eigenvalue weighted by molar-refractivity contribution is -0.154. The van der Waals surface area contributed by atoms with E-state index >= 15 is 0 Å². The van der Waals surface area contributed by atoms with Crippen LogP contribution in [-0.4, -0.2) is 40.4 Å². The number of carbonyl (C=O) groups is 1. The van der Waals surface area contributed by atoms with E-state index in [1.165, 1.54) is 17.7 Å². The van der Waals surface area contributed by atoms with Crippen molar-refractivity contribution in [3.63, 3.8) is 0 Å². The van der Waals surface area contributed by atoms with Crippen LogP contribution < -0.4 is 20.9 Å². The summed E-state index contributed by atoms with van der Waals surface area (Å²) in [6.07, 6.45) is 5.78. The third-order valence-electron chi connectivity index (χ3n) is 5.64. The fourth-order valence-corrected chi connectivity index (χ4v) is 4.95. The quantitative estimate of drug-likeness (QED) is 0.283. The van der Waals surface area contributed by atoms with E-state index in [0.29, 0.717) is 11.3 Å². The third-order valence-corrected chi connectivity index (χ3v) is 7.29. The maximum Gasteiger partial charge on any atom is 0.459 e. The lowest BCUT2D eigenvalue weighted by atomic mass is 9.96. The molecule has 0 spiro atoms. The molecule has 2 heterocycles. The summed E-state index contributed by atoms with van der Waals surface area (Å²) < 4.78 is 37.3. The average Bonchev–Trinajstić information content (AvgIpc) is 3.26. The number of aromatic nitrogens is 2. The Morgan fingerprint density at radius 2 is 2.00 bits per heavy atom. The van der Waals surface area contributed by atoms with Gasteiger partial charge in [0, 0.05) is 11.8 Å². The molecule has 4 atom stereocenters. The first-order valence-corrected chi connectivity index (χ1v) is 12.9. The minimum Gasteiger partial charge on any atom is -0.461 e. The van der Waals surface area contributed by atoms with E-state index < -0.39 is 43.3 Å². The summed E-state index contributed by atoms with van der Waals surface area (Å²) >= 11 is 0. The zero-order valence-corrected chi connectivity index (χ0v) is 20.3. The molecule has 1 aliphatic carbocycles. The molecule has 11 nitrogen and oxygen atoms in total. The van der Waals surface area contributed by atoms with Gasteiger partial charge in [0.15, 0.2) is 6.23 Å². The van der Waals surface area contributed by atoms with Crippen LogP contribution in [0.4, 0.5) is 0 Å². The second-order valence-corrected chi connectivity index (χ2v) is 10.2. The number of nitrogens with one attached hydrogen (secondary N) is 2. The van der Waals surface area contributed by atoms with Crippen LogP contribution >= 0.6 is 7.75 Å². The first-order valence-electron chi connectivity index (χ1n) is 11.4. The van der Waals surface area contributed by atoms with Gasteiger partial charge in [-0.05, 0) is 51.3 Å². The van der Waals surface area contributed by atoms with Crippen LogP contribution in [0.3, 0.4) is 0 Å². The monoisotopic (exact) mass is 505 g/mol. The standard InChI is InChI=1S/C23H28N3O8P/c1-15-13-26(23(29)24-21(15)27)20-12-11-19(32-20)14-31-35(30,34-18-7-4-3-5-8-18)25-16(2)22(28)33-17-9-6-10-17/h3-5,7-8,11-13,16-17,19-20H,6,9-10,14H2,1-2H3,(H,25,30)(H,24,27,29)/t16-,19-,20+,35-/m0/s1. The van der Waals surface area contributed by atoms with Gasteiger partial charge >= 0.3 is 19.4 Å². The van der Waals surface area contributed by atoms with Gasteiger partial charge < -0.3 is 14.0 Å². The van der Waals surface area contributed by atoms with Crippen molar-refractivity contribution < 1.29 is 27.9 Å². The average molecular weight is 505 g/mol. The van der Waals surface area contributed by atoms with E-state index in [-0.39, 0.29) is 12.7 Å². The van der Waals surface area contributed by atoms with Gasteiger partial charge in [-0.15, -0.1) is 0 Å². The molecule has 35 heavy (non-hydrogen) atoms. The number of hydrogen-bond donors (Lipinski definition) is 2. The Balaban J connectivity index is 1.41. The third kappa shape index (κ3) is 6.37. The molecule has 0 unspecified atom stereocenters. The number of aromatic amines is 1. The number of rotatable bonds is 10. The number of para-hydroxylation sites is 1. The zero-order chi connectivity index (χ0) is 25.0. The van der Waals surface area contributed by atoms with Gasteiger partial charge in [0.05, 0.1) is 6.61 Å². The van der Waals surface area contributed by atoms with Gasteiger partial charge in [0.1, 0.15) is 24.0 Å². The number of esters is 1. The van der Waals surface area contributed by atoms with Crippen LogP contribution in [0.1, 0.15) is 38.0 Å². The lowest BCUT2D eigenvalue weighted by Crippen LogP contribution is -2.38. The van der Waals surface area contributed by atoms with Gasteiger partial charge in [-0.3, -0.25) is 23.7 Å². The van der Waals surface area contributed by atoms with Crippen molar-refractivity contribution in [3.05, 3.63) is 75.1 Å². The molecule has 0 amide bonds. The summed E-state index contributed by atoms with van der Waals surface area (Å²) in [4.78, 5) is 38.4. The molecule has 188 valence electrons. The molecule has 2 aromatic rings. The molecule has 0 bridgehead atoms. The molecule has 1 aromatic heterocycles. The van der Waals surface area contributed by atoms with Gasteiger partial charge in [-0.1, -0.05) is 24.3 Å². The zero-order valence-electron chi connectivity index (χ0n) is 19.4. The number of aryl methyl sites for hydroxylation is 1. The Labute approximate surface area is 201 Å². The molecule has 1 saturated carbocycles. The van der Waals surface area contributed by atoms with E-state index in [0.717, 1.165) is 19.3 Å². The van der Waals surface area contributed by atoms with Crippen LogP contribution in [0.2, 0.25) is 0 Å². The second kappa shape index (κ2) is 10.7. The minimum absolute atomic E-state index is 0.115. The predicted octanol–water partition coefficient (Wildman–Crippen LogP) is 2.58. The predicted molar refractivity (Wildman–Crippen MR) is 126 cm³/mol. The maximum atomic E-state index is 13.6. The van der Waals surface area contributed by atoms with E-state index in [2.05, 4.69) is 10.1 Å². The second-order valence-electron chi connectivity index (χ2n) is 8.47. The number of carbonyl (C=O) groups excluding carboxylic acids is 1. The van der Waals surface area contributed by atoms with Crippen molar-refractivity contribution in [2.45, 2.75) is 57.6 Å². The van der Waals surface area contributed by atoms with Crippen molar-refractivity contribution in [2.75, 3.05) is 6.61 Å². The molecular weight excluding hydrogens is 477 g/mol. The van der Waals surface area contributed by atoms with Gasteiger partial charge in [-0.2, -0.15) is 5.09 Å². The highest BCUT2D eigenvalue weighted by atomic mass is 31.2. The summed E-state index contributed by atoms with van der Waals surface area (Å²) in [5.74, 6) is -0.251. The molecule has 4 rings (SSSR count). The molecule has 0 saturated heterocycles. The van der Waals surface area contributed by atoms with E-state index in [9.17, 15) is 18.9 Å². The fourth-order valence-electron chi connectivity index (χ4n) is 3.44. The van der Waals surface area contributed by atoms with Crippen LogP contribution in [-0.2, 0) is 23.4 Å². The molecule has 1 aliphatic heterocycles. The van der Waals surface area contributed by atoms with Crippen molar-refractivity contribution >= 4 is 13.7 Å². The molecule has 0 radical (unpaired) electrons. The van der Waals surface area contributed by atoms with Crippen LogP contribution in [0.5, 0.6) is 5.75 Å². The highest BCUT2D eigenvalue weighted by Crippen LogP contribution is 2.45. The summed E-state index contributed by atoms with van der Waals surface area (Å²) in [6, 6.07) is 7.49.